The molecule has 0 saturated carbocycles. The topological polar surface area (TPSA) is 12.9 Å². The van der Waals surface area contributed by atoms with Gasteiger partial charge in [-0.1, -0.05) is 0 Å². The summed E-state index contributed by atoms with van der Waals surface area (Å²) in [5.74, 6) is -0.697. The van der Waals surface area contributed by atoms with Gasteiger partial charge in [-0.15, -0.1) is 0 Å². The van der Waals surface area contributed by atoms with E-state index in [4.69, 9.17) is 0 Å². The van der Waals surface area contributed by atoms with E-state index in [1.807, 2.05) is 0 Å². The van der Waals surface area contributed by atoms with Crippen molar-refractivity contribution < 1.29 is 13.2 Å². The quantitative estimate of drug-likeness (QED) is 0.571. The zero-order valence-electron chi connectivity index (χ0n) is 6.11. The maximum Gasteiger partial charge on any atom is 0.265 e. The Morgan fingerprint density at radius 3 is 2.58 bits per heavy atom. The predicted octanol–water partition coefficient (Wildman–Crippen LogP) is 3.07. The van der Waals surface area contributed by atoms with Crippen LogP contribution in [0.2, 0.25) is 0 Å². The molecular formula is C7H5F3IN. The Morgan fingerprint density at radius 1 is 1.50 bits per heavy atom. The summed E-state index contributed by atoms with van der Waals surface area (Å²) >= 11 is 1.66. The number of rotatable bonds is 1. The first-order valence-corrected chi connectivity index (χ1v) is 4.20. The van der Waals surface area contributed by atoms with Gasteiger partial charge in [0.2, 0.25) is 5.95 Å². The summed E-state index contributed by atoms with van der Waals surface area (Å²) in [5, 5.41) is 0. The minimum Gasteiger partial charge on any atom is -0.227 e. The van der Waals surface area contributed by atoms with Gasteiger partial charge in [0.05, 0.1) is 3.57 Å². The summed E-state index contributed by atoms with van der Waals surface area (Å²) in [7, 11) is 0. The Hall–Kier alpha value is -0.330. The van der Waals surface area contributed by atoms with Gasteiger partial charge in [0.25, 0.3) is 6.43 Å². The molecule has 0 amide bonds. The van der Waals surface area contributed by atoms with Gasteiger partial charge in [-0.05, 0) is 35.1 Å². The van der Waals surface area contributed by atoms with Crippen LogP contribution in [0.25, 0.3) is 0 Å². The third kappa shape index (κ3) is 1.70. The zero-order valence-corrected chi connectivity index (χ0v) is 8.27. The zero-order chi connectivity index (χ0) is 9.30. The van der Waals surface area contributed by atoms with Gasteiger partial charge in [-0.3, -0.25) is 0 Å². The monoisotopic (exact) mass is 287 g/mol. The molecule has 0 bridgehead atoms. The average molecular weight is 287 g/mol. The maximum atomic E-state index is 12.7. The van der Waals surface area contributed by atoms with Crippen molar-refractivity contribution in [3.63, 3.8) is 0 Å². The molecule has 1 nitrogen and oxygen atoms in total. The summed E-state index contributed by atoms with van der Waals surface area (Å²) in [5.41, 5.74) is 0.0545. The molecule has 12 heavy (non-hydrogen) atoms. The van der Waals surface area contributed by atoms with Gasteiger partial charge in [-0.2, -0.15) is 4.39 Å². The molecule has 5 heteroatoms. The highest BCUT2D eigenvalue weighted by atomic mass is 127. The van der Waals surface area contributed by atoms with Crippen molar-refractivity contribution in [2.45, 2.75) is 13.3 Å². The molecule has 0 atom stereocenters. The van der Waals surface area contributed by atoms with Crippen molar-refractivity contribution in [1.82, 2.24) is 4.98 Å². The summed E-state index contributed by atoms with van der Waals surface area (Å²) < 4.78 is 37.2. The van der Waals surface area contributed by atoms with Crippen LogP contribution in [0.4, 0.5) is 13.2 Å². The lowest BCUT2D eigenvalue weighted by Gasteiger charge is -2.05. The summed E-state index contributed by atoms with van der Waals surface area (Å²) in [4.78, 5) is 3.21. The van der Waals surface area contributed by atoms with Crippen molar-refractivity contribution >= 4 is 22.6 Å². The molecule has 1 aromatic heterocycles. The third-order valence-electron chi connectivity index (χ3n) is 1.50. The minimum absolute atomic E-state index is 0.158. The van der Waals surface area contributed by atoms with Crippen molar-refractivity contribution in [2.75, 3.05) is 0 Å². The molecule has 0 saturated heterocycles. The summed E-state index contributed by atoms with van der Waals surface area (Å²) in [6, 6.07) is 0. The standard InChI is InChI=1S/C7H5F3IN/c1-3-4(6(8)9)2-12-7(10)5(3)11/h2,6H,1H3. The van der Waals surface area contributed by atoms with Crippen LogP contribution >= 0.6 is 22.6 Å². The van der Waals surface area contributed by atoms with Gasteiger partial charge in [0.15, 0.2) is 0 Å². The van der Waals surface area contributed by atoms with Crippen LogP contribution in [0, 0.1) is 16.4 Å². The van der Waals surface area contributed by atoms with Crippen molar-refractivity contribution in [3.05, 3.63) is 26.8 Å². The lowest BCUT2D eigenvalue weighted by Crippen LogP contribution is -1.98. The lowest BCUT2D eigenvalue weighted by atomic mass is 10.2. The van der Waals surface area contributed by atoms with E-state index in [1.165, 1.54) is 6.92 Å². The fourth-order valence-electron chi connectivity index (χ4n) is 0.781. The Bertz CT molecular complexity index is 301. The maximum absolute atomic E-state index is 12.7. The fourth-order valence-corrected chi connectivity index (χ4v) is 1.23. The number of halogens is 4. The Kier molecular flexibility index (Phi) is 2.92. The molecule has 0 aliphatic carbocycles. The van der Waals surface area contributed by atoms with E-state index in [2.05, 4.69) is 4.98 Å². The summed E-state index contributed by atoms with van der Waals surface area (Å²) in [6.45, 7) is 1.45. The van der Waals surface area contributed by atoms with Crippen LogP contribution in [0.5, 0.6) is 0 Å². The molecule has 1 aromatic rings. The van der Waals surface area contributed by atoms with E-state index in [-0.39, 0.29) is 14.7 Å². The van der Waals surface area contributed by atoms with Gasteiger partial charge in [-0.25, -0.2) is 13.8 Å². The lowest BCUT2D eigenvalue weighted by molar-refractivity contribution is 0.150. The molecule has 0 aliphatic rings. The first kappa shape index (κ1) is 9.76. The smallest absolute Gasteiger partial charge is 0.227 e. The molecule has 0 N–H and O–H groups in total. The minimum atomic E-state index is -2.59. The van der Waals surface area contributed by atoms with E-state index >= 15 is 0 Å². The van der Waals surface area contributed by atoms with Crippen molar-refractivity contribution in [1.29, 1.82) is 0 Å². The number of hydrogen-bond acceptors (Lipinski definition) is 1. The molecule has 0 aliphatic heterocycles. The second-order valence-electron chi connectivity index (χ2n) is 2.24. The van der Waals surface area contributed by atoms with Crippen LogP contribution in [0.15, 0.2) is 6.20 Å². The van der Waals surface area contributed by atoms with Gasteiger partial charge in [0.1, 0.15) is 0 Å². The van der Waals surface area contributed by atoms with Gasteiger partial charge in [0, 0.05) is 11.8 Å². The Morgan fingerprint density at radius 2 is 2.08 bits per heavy atom. The highest BCUT2D eigenvalue weighted by Crippen LogP contribution is 2.25. The molecule has 0 aromatic carbocycles. The molecule has 1 rings (SSSR count). The van der Waals surface area contributed by atoms with E-state index in [9.17, 15) is 13.2 Å². The third-order valence-corrected chi connectivity index (χ3v) is 2.75. The number of nitrogens with zero attached hydrogens (tertiary/aromatic N) is 1. The van der Waals surface area contributed by atoms with Crippen molar-refractivity contribution in [3.8, 4) is 0 Å². The molecule has 0 spiro atoms. The first-order valence-electron chi connectivity index (χ1n) is 3.12. The van der Waals surface area contributed by atoms with Gasteiger partial charge >= 0.3 is 0 Å². The van der Waals surface area contributed by atoms with Crippen molar-refractivity contribution in [2.24, 2.45) is 0 Å². The number of hydrogen-bond donors (Lipinski definition) is 0. The number of alkyl halides is 2. The van der Waals surface area contributed by atoms with Crippen LogP contribution in [0.1, 0.15) is 17.6 Å². The second-order valence-corrected chi connectivity index (χ2v) is 3.32. The van der Waals surface area contributed by atoms with Crippen LogP contribution in [-0.4, -0.2) is 4.98 Å². The molecule has 0 radical (unpaired) electrons. The molecular weight excluding hydrogens is 282 g/mol. The van der Waals surface area contributed by atoms with E-state index in [0.717, 1.165) is 6.20 Å². The van der Waals surface area contributed by atoms with E-state index < -0.39 is 12.4 Å². The van der Waals surface area contributed by atoms with Gasteiger partial charge < -0.3 is 0 Å². The Labute approximate surface area is 81.1 Å². The van der Waals surface area contributed by atoms with Crippen LogP contribution in [-0.2, 0) is 0 Å². The molecule has 1 heterocycles. The van der Waals surface area contributed by atoms with Crippen LogP contribution in [0.3, 0.4) is 0 Å². The normalized spacial score (nSPS) is 10.8. The fraction of sp³-hybridized carbons (Fsp3) is 0.286. The van der Waals surface area contributed by atoms with E-state index in [1.54, 1.807) is 22.6 Å². The highest BCUT2D eigenvalue weighted by molar-refractivity contribution is 14.1. The molecule has 66 valence electrons. The molecule has 0 fully saturated rings. The predicted molar refractivity (Wildman–Crippen MR) is 46.6 cm³/mol. The largest absolute Gasteiger partial charge is 0.265 e. The molecule has 0 unspecified atom stereocenters. The van der Waals surface area contributed by atoms with Crippen LogP contribution < -0.4 is 0 Å². The number of pyridine rings is 1. The second kappa shape index (κ2) is 3.59. The average Bonchev–Trinajstić information content (AvgIpc) is 2.00. The first-order chi connectivity index (χ1) is 5.54. The van der Waals surface area contributed by atoms with E-state index in [0.29, 0.717) is 0 Å². The number of aromatic nitrogens is 1. The highest BCUT2D eigenvalue weighted by Gasteiger charge is 2.15. The summed E-state index contributed by atoms with van der Waals surface area (Å²) in [6.07, 6.45) is -1.72. The Balaban J connectivity index is 3.27. The SMILES string of the molecule is Cc1c(C(F)F)cnc(F)c1I.